The first-order valence-electron chi connectivity index (χ1n) is 5.82. The van der Waals surface area contributed by atoms with Crippen LogP contribution < -0.4 is 5.73 Å². The topological polar surface area (TPSA) is 96.0 Å². The number of nitrogens with two attached hydrogens (primary N) is 1. The molecule has 0 saturated heterocycles. The van der Waals surface area contributed by atoms with Gasteiger partial charge in [-0.1, -0.05) is 42.4 Å². The molecule has 1 aromatic carbocycles. The second-order valence-electron chi connectivity index (χ2n) is 4.45. The van der Waals surface area contributed by atoms with Crippen molar-refractivity contribution in [3.05, 3.63) is 35.9 Å². The van der Waals surface area contributed by atoms with Gasteiger partial charge in [-0.2, -0.15) is 0 Å². The quantitative estimate of drug-likeness (QED) is 0.350. The predicted molar refractivity (Wildman–Crippen MR) is 74.3 cm³/mol. The smallest absolute Gasteiger partial charge is 0.218 e. The van der Waals surface area contributed by atoms with Crippen LogP contribution in [0.4, 0.5) is 0 Å². The Bertz CT molecular complexity index is 528. The molecule has 106 valence electrons. The molecule has 1 unspecified atom stereocenters. The Morgan fingerprint density at radius 2 is 2.00 bits per heavy atom. The van der Waals surface area contributed by atoms with Crippen LogP contribution in [0.2, 0.25) is 0 Å². The lowest BCUT2D eigenvalue weighted by Gasteiger charge is -2.20. The maximum absolute atomic E-state index is 12.1. The van der Waals surface area contributed by atoms with E-state index in [1.807, 2.05) is 6.07 Å². The molecule has 0 aliphatic carbocycles. The normalized spacial score (nSPS) is 14.6. The van der Waals surface area contributed by atoms with Crippen LogP contribution in [0.5, 0.6) is 0 Å². The molecule has 0 saturated carbocycles. The third kappa shape index (κ3) is 4.53. The van der Waals surface area contributed by atoms with Gasteiger partial charge in [0, 0.05) is 19.5 Å². The lowest BCUT2D eigenvalue weighted by molar-refractivity contribution is 0.312. The summed E-state index contributed by atoms with van der Waals surface area (Å²) in [6.45, 7) is 1.87. The first-order valence-corrected chi connectivity index (χ1v) is 7.43. The molecule has 0 bridgehead atoms. The Balaban J connectivity index is 2.72. The number of oxime groups is 1. The predicted octanol–water partition coefficient (Wildman–Crippen LogP) is 0.831. The number of sulfonamides is 1. The highest BCUT2D eigenvalue weighted by atomic mass is 32.2. The highest BCUT2D eigenvalue weighted by Crippen LogP contribution is 2.11. The van der Waals surface area contributed by atoms with Gasteiger partial charge in [0.05, 0.1) is 5.75 Å². The first-order chi connectivity index (χ1) is 8.86. The molecule has 0 aromatic heterocycles. The second kappa shape index (κ2) is 6.53. The van der Waals surface area contributed by atoms with E-state index in [4.69, 9.17) is 10.9 Å². The van der Waals surface area contributed by atoms with E-state index in [0.717, 1.165) is 5.56 Å². The average Bonchev–Trinajstić information content (AvgIpc) is 2.38. The van der Waals surface area contributed by atoms with Crippen LogP contribution in [0, 0.1) is 5.92 Å². The highest BCUT2D eigenvalue weighted by Gasteiger charge is 2.21. The fourth-order valence-corrected chi connectivity index (χ4v) is 2.87. The van der Waals surface area contributed by atoms with Gasteiger partial charge in [0.25, 0.3) is 0 Å². The zero-order chi connectivity index (χ0) is 14.5. The number of benzene rings is 1. The lowest BCUT2D eigenvalue weighted by atomic mass is 10.2. The van der Waals surface area contributed by atoms with Gasteiger partial charge in [-0.05, 0) is 5.56 Å². The van der Waals surface area contributed by atoms with E-state index in [0.29, 0.717) is 0 Å². The molecule has 0 spiro atoms. The fourth-order valence-electron chi connectivity index (χ4n) is 1.59. The summed E-state index contributed by atoms with van der Waals surface area (Å²) in [5.74, 6) is -0.393. The van der Waals surface area contributed by atoms with Gasteiger partial charge < -0.3 is 10.9 Å². The van der Waals surface area contributed by atoms with Crippen LogP contribution in [0.15, 0.2) is 35.5 Å². The van der Waals surface area contributed by atoms with Crippen molar-refractivity contribution in [3.63, 3.8) is 0 Å². The summed E-state index contributed by atoms with van der Waals surface area (Å²) in [6.07, 6.45) is 0. The van der Waals surface area contributed by atoms with Gasteiger partial charge in [-0.25, -0.2) is 12.7 Å². The van der Waals surface area contributed by atoms with Crippen molar-refractivity contribution >= 4 is 15.9 Å². The molecular weight excluding hydrogens is 266 g/mol. The minimum Gasteiger partial charge on any atom is -0.409 e. The Morgan fingerprint density at radius 1 is 1.42 bits per heavy atom. The van der Waals surface area contributed by atoms with Gasteiger partial charge in [0.1, 0.15) is 5.84 Å². The molecule has 1 atom stereocenters. The lowest BCUT2D eigenvalue weighted by Crippen LogP contribution is -2.36. The summed E-state index contributed by atoms with van der Waals surface area (Å²) >= 11 is 0. The van der Waals surface area contributed by atoms with E-state index in [1.54, 1.807) is 31.2 Å². The van der Waals surface area contributed by atoms with Crippen molar-refractivity contribution in [1.82, 2.24) is 4.31 Å². The molecule has 0 heterocycles. The molecule has 19 heavy (non-hydrogen) atoms. The van der Waals surface area contributed by atoms with E-state index in [2.05, 4.69) is 5.16 Å². The van der Waals surface area contributed by atoms with Crippen molar-refractivity contribution in [1.29, 1.82) is 0 Å². The van der Waals surface area contributed by atoms with Crippen LogP contribution in [-0.4, -0.2) is 37.4 Å². The highest BCUT2D eigenvalue weighted by molar-refractivity contribution is 7.88. The largest absolute Gasteiger partial charge is 0.409 e. The van der Waals surface area contributed by atoms with E-state index in [-0.39, 0.29) is 24.1 Å². The van der Waals surface area contributed by atoms with Gasteiger partial charge in [0.15, 0.2) is 0 Å². The van der Waals surface area contributed by atoms with Crippen LogP contribution in [-0.2, 0) is 15.8 Å². The van der Waals surface area contributed by atoms with Crippen molar-refractivity contribution in [2.75, 3.05) is 13.6 Å². The first kappa shape index (κ1) is 15.5. The SMILES string of the molecule is CC(CN(C)S(=O)(=O)Cc1ccccc1)/C(N)=N/O. The van der Waals surface area contributed by atoms with E-state index in [1.165, 1.54) is 11.4 Å². The fraction of sp³-hybridized carbons (Fsp3) is 0.417. The molecule has 0 fully saturated rings. The van der Waals surface area contributed by atoms with E-state index >= 15 is 0 Å². The standard InChI is InChI=1S/C12H19N3O3S/c1-10(12(13)14-16)8-15(2)19(17,18)9-11-6-4-3-5-7-11/h3-7,10,16H,8-9H2,1-2H3,(H2,13,14). The van der Waals surface area contributed by atoms with Gasteiger partial charge in [0.2, 0.25) is 10.0 Å². The van der Waals surface area contributed by atoms with Crippen LogP contribution >= 0.6 is 0 Å². The number of nitrogens with zero attached hydrogens (tertiary/aromatic N) is 2. The van der Waals surface area contributed by atoms with Crippen LogP contribution in [0.3, 0.4) is 0 Å². The molecule has 0 amide bonds. The third-order valence-corrected chi connectivity index (χ3v) is 4.62. The minimum absolute atomic E-state index is 0.0155. The minimum atomic E-state index is -3.41. The van der Waals surface area contributed by atoms with E-state index < -0.39 is 10.0 Å². The number of rotatable bonds is 6. The summed E-state index contributed by atoms with van der Waals surface area (Å²) in [5.41, 5.74) is 6.17. The number of hydrogen-bond acceptors (Lipinski definition) is 4. The average molecular weight is 285 g/mol. The number of hydrogen-bond donors (Lipinski definition) is 2. The maximum atomic E-state index is 12.1. The van der Waals surface area contributed by atoms with Crippen molar-refractivity contribution in [2.45, 2.75) is 12.7 Å². The van der Waals surface area contributed by atoms with Crippen molar-refractivity contribution < 1.29 is 13.6 Å². The molecule has 1 rings (SSSR count). The zero-order valence-corrected chi connectivity index (χ0v) is 11.8. The monoisotopic (exact) mass is 285 g/mol. The molecule has 0 radical (unpaired) electrons. The molecule has 0 aliphatic rings. The maximum Gasteiger partial charge on any atom is 0.218 e. The summed E-state index contributed by atoms with van der Waals surface area (Å²) in [7, 11) is -1.92. The Hall–Kier alpha value is -1.60. The summed E-state index contributed by atoms with van der Waals surface area (Å²) in [5, 5.41) is 11.4. The van der Waals surface area contributed by atoms with Crippen LogP contribution in [0.25, 0.3) is 0 Å². The molecule has 3 N–H and O–H groups in total. The van der Waals surface area contributed by atoms with Crippen molar-refractivity contribution in [2.24, 2.45) is 16.8 Å². The Kier molecular flexibility index (Phi) is 5.31. The molecule has 1 aromatic rings. The zero-order valence-electron chi connectivity index (χ0n) is 11.0. The van der Waals surface area contributed by atoms with Gasteiger partial charge in [-0.15, -0.1) is 0 Å². The van der Waals surface area contributed by atoms with Gasteiger partial charge in [-0.3, -0.25) is 0 Å². The summed E-state index contributed by atoms with van der Waals surface area (Å²) < 4.78 is 25.5. The molecule has 0 aliphatic heterocycles. The third-order valence-electron chi connectivity index (χ3n) is 2.82. The summed E-state index contributed by atoms with van der Waals surface area (Å²) in [6, 6.07) is 8.95. The molecule has 6 nitrogen and oxygen atoms in total. The second-order valence-corrected chi connectivity index (χ2v) is 6.52. The van der Waals surface area contributed by atoms with E-state index in [9.17, 15) is 8.42 Å². The van der Waals surface area contributed by atoms with Crippen molar-refractivity contribution in [3.8, 4) is 0 Å². The van der Waals surface area contributed by atoms with Gasteiger partial charge >= 0.3 is 0 Å². The van der Waals surface area contributed by atoms with Crippen LogP contribution in [0.1, 0.15) is 12.5 Å². The summed E-state index contributed by atoms with van der Waals surface area (Å²) in [4.78, 5) is 0. The number of amidine groups is 1. The Morgan fingerprint density at radius 3 is 2.53 bits per heavy atom. The molecular formula is C12H19N3O3S. The Labute approximate surface area is 113 Å². The molecule has 7 heteroatoms.